The van der Waals surface area contributed by atoms with E-state index in [0.717, 1.165) is 16.8 Å². The third-order valence-electron chi connectivity index (χ3n) is 4.04. The first-order valence-corrected chi connectivity index (χ1v) is 8.38. The molecular formula is C20H11ClN4O2. The van der Waals surface area contributed by atoms with Crippen molar-refractivity contribution in [1.82, 2.24) is 15.0 Å². The third kappa shape index (κ3) is 3.27. The summed E-state index contributed by atoms with van der Waals surface area (Å²) in [6.07, 6.45) is 1.29. The van der Waals surface area contributed by atoms with Gasteiger partial charge >= 0.3 is 0 Å². The Morgan fingerprint density at radius 1 is 0.963 bits per heavy atom. The fourth-order valence-corrected chi connectivity index (χ4v) is 2.99. The zero-order chi connectivity index (χ0) is 18.8. The van der Waals surface area contributed by atoms with Crippen molar-refractivity contribution < 1.29 is 9.59 Å². The maximum atomic E-state index is 12.1. The largest absolute Gasteiger partial charge is 0.288 e. The zero-order valence-corrected chi connectivity index (χ0v) is 14.6. The van der Waals surface area contributed by atoms with Crippen molar-refractivity contribution in [3.63, 3.8) is 0 Å². The van der Waals surface area contributed by atoms with E-state index in [0.29, 0.717) is 21.7 Å². The number of halogens is 1. The van der Waals surface area contributed by atoms with Crippen LogP contribution in [0.5, 0.6) is 0 Å². The first kappa shape index (κ1) is 16.8. The molecule has 27 heavy (non-hydrogen) atoms. The maximum Gasteiger partial charge on any atom is 0.288 e. The molecule has 0 bridgehead atoms. The number of benzene rings is 3. The summed E-state index contributed by atoms with van der Waals surface area (Å²) in [6.45, 7) is 0. The zero-order valence-electron chi connectivity index (χ0n) is 13.8. The number of rotatable bonds is 3. The van der Waals surface area contributed by atoms with Crippen LogP contribution in [-0.4, -0.2) is 27.0 Å². The van der Waals surface area contributed by atoms with Crippen LogP contribution >= 0.6 is 11.6 Å². The number of hydrogen-bond acceptors (Lipinski definition) is 4. The van der Waals surface area contributed by atoms with Crippen LogP contribution in [-0.2, 0) is 4.79 Å². The number of isocyanates is 1. The summed E-state index contributed by atoms with van der Waals surface area (Å²) >= 11 is 6.01. The van der Waals surface area contributed by atoms with Crippen molar-refractivity contribution in [3.05, 3.63) is 77.3 Å². The minimum Gasteiger partial charge on any atom is -0.266 e. The average molecular weight is 375 g/mol. The molecule has 0 saturated carbocycles. The molecule has 0 fully saturated rings. The molecule has 1 heterocycles. The highest BCUT2D eigenvalue weighted by Crippen LogP contribution is 2.26. The Balaban J connectivity index is 1.81. The molecule has 1 amide bonds. The average Bonchev–Trinajstić information content (AvgIpc) is 3.11. The number of carbonyl (C=O) groups excluding carboxylic acids is 2. The van der Waals surface area contributed by atoms with Crippen molar-refractivity contribution in [2.75, 3.05) is 0 Å². The van der Waals surface area contributed by atoms with Crippen molar-refractivity contribution in [2.45, 2.75) is 0 Å². The summed E-state index contributed by atoms with van der Waals surface area (Å²) in [4.78, 5) is 27.2. The van der Waals surface area contributed by atoms with E-state index in [1.54, 1.807) is 36.4 Å². The van der Waals surface area contributed by atoms with Gasteiger partial charge in [-0.25, -0.2) is 4.79 Å². The highest BCUT2D eigenvalue weighted by molar-refractivity contribution is 6.31. The summed E-state index contributed by atoms with van der Waals surface area (Å²) in [7, 11) is 0. The van der Waals surface area contributed by atoms with Crippen LogP contribution in [0.1, 0.15) is 10.4 Å². The number of carbonyl (C=O) groups is 1. The fourth-order valence-electron chi connectivity index (χ4n) is 2.82. The molecule has 4 rings (SSSR count). The van der Waals surface area contributed by atoms with E-state index in [2.05, 4.69) is 15.2 Å². The molecule has 0 aliphatic carbocycles. The van der Waals surface area contributed by atoms with Crippen LogP contribution in [0.25, 0.3) is 27.8 Å². The Hall–Kier alpha value is -3.60. The van der Waals surface area contributed by atoms with Gasteiger partial charge in [0.05, 0.1) is 11.3 Å². The Morgan fingerprint density at radius 2 is 1.78 bits per heavy atom. The molecule has 130 valence electrons. The highest BCUT2D eigenvalue weighted by atomic mass is 35.5. The molecule has 1 aromatic heterocycles. The smallest absolute Gasteiger partial charge is 0.266 e. The van der Waals surface area contributed by atoms with E-state index >= 15 is 0 Å². The molecule has 0 aliphatic rings. The lowest BCUT2D eigenvalue weighted by atomic mass is 9.99. The van der Waals surface area contributed by atoms with Crippen molar-refractivity contribution >= 4 is 34.6 Å². The van der Waals surface area contributed by atoms with Gasteiger partial charge < -0.3 is 0 Å². The molecule has 0 aliphatic heterocycles. The number of hydrogen-bond donors (Lipinski definition) is 0. The molecule has 3 aromatic carbocycles. The van der Waals surface area contributed by atoms with Crippen LogP contribution < -0.4 is 0 Å². The predicted molar refractivity (Wildman–Crippen MR) is 102 cm³/mol. The highest BCUT2D eigenvalue weighted by Gasteiger charge is 2.13. The molecule has 6 nitrogen and oxygen atoms in total. The van der Waals surface area contributed by atoms with Crippen molar-refractivity contribution in [3.8, 4) is 16.8 Å². The monoisotopic (exact) mass is 374 g/mol. The van der Waals surface area contributed by atoms with Crippen molar-refractivity contribution in [2.24, 2.45) is 4.99 Å². The minimum absolute atomic E-state index is 0.323. The summed E-state index contributed by atoms with van der Waals surface area (Å²) < 4.78 is 0. The maximum absolute atomic E-state index is 12.1. The Morgan fingerprint density at radius 3 is 2.63 bits per heavy atom. The lowest BCUT2D eigenvalue weighted by Gasteiger charge is -2.08. The second-order valence-corrected chi connectivity index (χ2v) is 6.16. The van der Waals surface area contributed by atoms with Gasteiger partial charge in [-0.05, 0) is 47.5 Å². The predicted octanol–water partition coefficient (Wildman–Crippen LogP) is 4.22. The van der Waals surface area contributed by atoms with Gasteiger partial charge in [0.1, 0.15) is 11.0 Å². The summed E-state index contributed by atoms with van der Waals surface area (Å²) in [5, 5.41) is 9.50. The van der Waals surface area contributed by atoms with Crippen LogP contribution in [0.2, 0.25) is 5.02 Å². The van der Waals surface area contributed by atoms with Crippen LogP contribution in [0.15, 0.2) is 71.7 Å². The molecule has 4 aromatic rings. The van der Waals surface area contributed by atoms with Crippen LogP contribution in [0.4, 0.5) is 0 Å². The molecule has 0 saturated heterocycles. The normalized spacial score (nSPS) is 10.6. The second kappa shape index (κ2) is 6.96. The quantitative estimate of drug-likeness (QED) is 0.397. The Bertz CT molecular complexity index is 1230. The number of aromatic nitrogens is 3. The summed E-state index contributed by atoms with van der Waals surface area (Å²) in [5.74, 6) is -0.636. The number of aliphatic imine (C=N–C) groups is 1. The van der Waals surface area contributed by atoms with Gasteiger partial charge in [0.2, 0.25) is 6.08 Å². The Labute approximate surface area is 158 Å². The van der Waals surface area contributed by atoms with Gasteiger partial charge in [-0.3, -0.25) is 4.79 Å². The van der Waals surface area contributed by atoms with E-state index in [-0.39, 0.29) is 0 Å². The van der Waals surface area contributed by atoms with Gasteiger partial charge in [0.25, 0.3) is 5.91 Å². The fraction of sp³-hybridized carbons (Fsp3) is 0. The molecule has 0 unspecified atom stereocenters. The van der Waals surface area contributed by atoms with Gasteiger partial charge in [-0.15, -0.1) is 15.2 Å². The van der Waals surface area contributed by atoms with E-state index in [9.17, 15) is 9.59 Å². The van der Waals surface area contributed by atoms with E-state index < -0.39 is 5.91 Å². The van der Waals surface area contributed by atoms with Crippen molar-refractivity contribution in [1.29, 1.82) is 0 Å². The van der Waals surface area contributed by atoms with E-state index in [1.807, 2.05) is 30.3 Å². The van der Waals surface area contributed by atoms with E-state index in [4.69, 9.17) is 11.6 Å². The number of fused-ring (bicyclic) bond motifs is 1. The topological polar surface area (TPSA) is 77.2 Å². The lowest BCUT2D eigenvalue weighted by molar-refractivity contribution is 0.100. The molecule has 0 N–H and O–H groups in total. The standard InChI is InChI=1S/C20H11ClN4O2/c21-14-8-9-18-19(11-14)24-25(23-18)15-5-3-4-13(10-15)16-6-1-2-7-17(16)20(27)22-12-26/h1-11H. The molecule has 0 atom stereocenters. The number of nitrogens with zero attached hydrogens (tertiary/aromatic N) is 4. The second-order valence-electron chi connectivity index (χ2n) is 5.73. The molecule has 0 spiro atoms. The first-order chi connectivity index (χ1) is 13.2. The third-order valence-corrected chi connectivity index (χ3v) is 4.27. The first-order valence-electron chi connectivity index (χ1n) is 8.00. The van der Waals surface area contributed by atoms with Gasteiger partial charge in [-0.2, -0.15) is 4.80 Å². The molecule has 0 radical (unpaired) electrons. The minimum atomic E-state index is -0.636. The van der Waals surface area contributed by atoms with Crippen LogP contribution in [0, 0.1) is 0 Å². The SMILES string of the molecule is O=C=NC(=O)c1ccccc1-c1cccc(-n2nc3ccc(Cl)cc3n2)c1. The van der Waals surface area contributed by atoms with Gasteiger partial charge in [-0.1, -0.05) is 41.9 Å². The summed E-state index contributed by atoms with van der Waals surface area (Å²) in [5.41, 5.74) is 3.88. The van der Waals surface area contributed by atoms with Gasteiger partial charge in [0.15, 0.2) is 0 Å². The van der Waals surface area contributed by atoms with E-state index in [1.165, 1.54) is 10.9 Å². The number of amides is 1. The molecule has 7 heteroatoms. The molecular weight excluding hydrogens is 364 g/mol. The Kier molecular flexibility index (Phi) is 4.34. The van der Waals surface area contributed by atoms with Crippen LogP contribution in [0.3, 0.4) is 0 Å². The summed E-state index contributed by atoms with van der Waals surface area (Å²) in [6, 6.07) is 19.7. The van der Waals surface area contributed by atoms with Gasteiger partial charge in [0, 0.05) is 5.02 Å². The lowest BCUT2D eigenvalue weighted by Crippen LogP contribution is -2.00.